The number of pyridine rings is 1. The molecule has 1 heterocycles. The van der Waals surface area contributed by atoms with E-state index < -0.39 is 12.2 Å². The summed E-state index contributed by atoms with van der Waals surface area (Å²) in [7, 11) is 0. The lowest BCUT2D eigenvalue weighted by molar-refractivity contribution is -0.728. The van der Waals surface area contributed by atoms with Crippen LogP contribution >= 0.6 is 12.8 Å². The third-order valence-electron chi connectivity index (χ3n) is 3.57. The van der Waals surface area contributed by atoms with Gasteiger partial charge in [-0.15, -0.1) is 0 Å². The molecular weight excluding hydrogens is 268 g/mol. The van der Waals surface area contributed by atoms with Gasteiger partial charge in [0, 0.05) is 25.0 Å². The van der Waals surface area contributed by atoms with E-state index >= 15 is 0 Å². The second-order valence-electron chi connectivity index (χ2n) is 4.71. The molecule has 4 N–H and O–H groups in total. The normalized spacial score (nSPS) is 30.3. The molecule has 4 atom stereocenters. The van der Waals surface area contributed by atoms with E-state index in [9.17, 15) is 15.0 Å². The average Bonchev–Trinajstić information content (AvgIpc) is 2.74. The number of carbonyl (C=O) groups is 1. The van der Waals surface area contributed by atoms with Gasteiger partial charge in [0.2, 0.25) is 0 Å². The van der Waals surface area contributed by atoms with Crippen LogP contribution in [-0.4, -0.2) is 40.0 Å². The highest BCUT2D eigenvalue weighted by atomic mass is 32.1. The first-order chi connectivity index (χ1) is 9.08. The summed E-state index contributed by atoms with van der Waals surface area (Å²) < 4.78 is 3.91. The molecule has 1 saturated carbocycles. The topological polar surface area (TPSA) is 93.7 Å². The van der Waals surface area contributed by atoms with Crippen LogP contribution in [0.25, 0.3) is 0 Å². The Kier molecular flexibility index (Phi) is 4.41. The van der Waals surface area contributed by atoms with E-state index in [-0.39, 0.29) is 24.5 Å². The van der Waals surface area contributed by atoms with Crippen molar-refractivity contribution in [1.29, 1.82) is 0 Å². The molecular formula is C12H17N2O4S+. The Balaban J connectivity index is 2.25. The van der Waals surface area contributed by atoms with Gasteiger partial charge < -0.3 is 15.3 Å². The zero-order valence-corrected chi connectivity index (χ0v) is 11.1. The molecule has 4 unspecified atom stereocenters. The summed E-state index contributed by atoms with van der Waals surface area (Å²) in [4.78, 5) is 11.5. The second kappa shape index (κ2) is 5.87. The van der Waals surface area contributed by atoms with E-state index in [0.717, 1.165) is 0 Å². The highest BCUT2D eigenvalue weighted by Gasteiger charge is 2.46. The highest BCUT2D eigenvalue weighted by Crippen LogP contribution is 2.31. The first kappa shape index (κ1) is 14.3. The lowest BCUT2D eigenvalue weighted by atomic mass is 10.1. The third kappa shape index (κ3) is 2.74. The Morgan fingerprint density at radius 2 is 2.21 bits per heavy atom. The molecule has 0 bridgehead atoms. The number of aliphatic hydroxyl groups is 3. The smallest absolute Gasteiger partial charge is 0.266 e. The number of carbonyl (C=O) groups excluding carboxylic acids is 1. The minimum atomic E-state index is -0.962. The Labute approximate surface area is 116 Å². The minimum Gasteiger partial charge on any atom is -0.396 e. The van der Waals surface area contributed by atoms with Crippen LogP contribution in [0.5, 0.6) is 0 Å². The quantitative estimate of drug-likeness (QED) is 0.357. The first-order valence-electron chi connectivity index (χ1n) is 6.00. The number of nitrogens with zero attached hydrogens (tertiary/aromatic N) is 1. The lowest BCUT2D eigenvalue weighted by Gasteiger charge is -2.13. The molecule has 0 saturated heterocycles. The van der Waals surface area contributed by atoms with Crippen molar-refractivity contribution in [2.45, 2.75) is 24.7 Å². The van der Waals surface area contributed by atoms with Crippen LogP contribution in [0.2, 0.25) is 0 Å². The van der Waals surface area contributed by atoms with Gasteiger partial charge in [0.25, 0.3) is 5.91 Å². The Hall–Kier alpha value is -1.15. The second-order valence-corrected chi connectivity index (χ2v) is 4.93. The minimum absolute atomic E-state index is 0.175. The monoisotopic (exact) mass is 285 g/mol. The van der Waals surface area contributed by atoms with Crippen LogP contribution in [0.4, 0.5) is 0 Å². The van der Waals surface area contributed by atoms with Crippen molar-refractivity contribution < 1.29 is 24.7 Å². The van der Waals surface area contributed by atoms with E-state index in [1.807, 2.05) is 0 Å². The van der Waals surface area contributed by atoms with E-state index in [1.165, 1.54) is 0 Å². The number of hydrogen-bond acceptors (Lipinski definition) is 5. The van der Waals surface area contributed by atoms with Crippen molar-refractivity contribution in [3.8, 4) is 0 Å². The summed E-state index contributed by atoms with van der Waals surface area (Å²) in [5.74, 6) is -0.695. The van der Waals surface area contributed by atoms with E-state index in [0.29, 0.717) is 12.0 Å². The molecule has 7 heteroatoms. The summed E-state index contributed by atoms with van der Waals surface area (Å²) in [5, 5.41) is 28.9. The van der Waals surface area contributed by atoms with E-state index in [4.69, 9.17) is 5.11 Å². The fourth-order valence-corrected chi connectivity index (χ4v) is 2.60. The summed E-state index contributed by atoms with van der Waals surface area (Å²) in [6, 6.07) is 2.95. The lowest BCUT2D eigenvalue weighted by Crippen LogP contribution is -2.45. The van der Waals surface area contributed by atoms with Gasteiger partial charge in [-0.3, -0.25) is 9.52 Å². The van der Waals surface area contributed by atoms with Gasteiger partial charge in [-0.25, -0.2) is 0 Å². The van der Waals surface area contributed by atoms with Crippen LogP contribution in [0.3, 0.4) is 0 Å². The van der Waals surface area contributed by atoms with Gasteiger partial charge in [-0.05, 0) is 6.07 Å². The van der Waals surface area contributed by atoms with Gasteiger partial charge in [0.1, 0.15) is 11.7 Å². The number of rotatable bonds is 3. The van der Waals surface area contributed by atoms with Crippen molar-refractivity contribution >= 4 is 18.7 Å². The summed E-state index contributed by atoms with van der Waals surface area (Å²) >= 11 is 3.70. The predicted molar refractivity (Wildman–Crippen MR) is 69.3 cm³/mol. The molecule has 6 nitrogen and oxygen atoms in total. The molecule has 1 aromatic rings. The fourth-order valence-electron chi connectivity index (χ4n) is 2.47. The molecule has 2 rings (SSSR count). The molecule has 0 spiro atoms. The molecule has 104 valence electrons. The number of thiol groups is 1. The molecule has 19 heavy (non-hydrogen) atoms. The van der Waals surface area contributed by atoms with Gasteiger partial charge in [0.15, 0.2) is 18.4 Å². The molecule has 1 aliphatic carbocycles. The van der Waals surface area contributed by atoms with Crippen molar-refractivity contribution in [1.82, 2.24) is 4.72 Å². The van der Waals surface area contributed by atoms with Crippen LogP contribution in [-0.2, 0) is 0 Å². The molecule has 0 radical (unpaired) electrons. The summed E-state index contributed by atoms with van der Waals surface area (Å²) in [6.07, 6.45) is 1.85. The van der Waals surface area contributed by atoms with Gasteiger partial charge >= 0.3 is 0 Å². The standard InChI is InChI=1S/C12H16N2O4S/c15-6-8-4-9(11(17)10(8)16)14-3-1-2-7(5-14)12(18)13-19/h1-3,5,8-11,15-17H,4,6H2,(H-,13,18,19)/p+1. The van der Waals surface area contributed by atoms with Crippen LogP contribution in [0.15, 0.2) is 24.5 Å². The number of hydrogen-bond donors (Lipinski definition) is 5. The molecule has 1 aliphatic rings. The van der Waals surface area contributed by atoms with Crippen molar-refractivity contribution in [3.05, 3.63) is 30.1 Å². The van der Waals surface area contributed by atoms with E-state index in [1.54, 1.807) is 29.1 Å². The van der Waals surface area contributed by atoms with Crippen LogP contribution in [0.1, 0.15) is 22.8 Å². The fraction of sp³-hybridized carbons (Fsp3) is 0.500. The number of aromatic nitrogens is 1. The Bertz CT molecular complexity index is 471. The Morgan fingerprint density at radius 3 is 2.79 bits per heavy atom. The van der Waals surface area contributed by atoms with Crippen LogP contribution < -0.4 is 9.29 Å². The SMILES string of the molecule is O=C(NS)c1ccc[n+](C2CC(CO)C(O)C2O)c1. The molecule has 0 aromatic carbocycles. The van der Waals surface area contributed by atoms with Crippen LogP contribution in [0, 0.1) is 5.92 Å². The van der Waals surface area contributed by atoms with Crippen molar-refractivity contribution in [3.63, 3.8) is 0 Å². The summed E-state index contributed by atoms with van der Waals surface area (Å²) in [5.41, 5.74) is 0.409. The zero-order valence-electron chi connectivity index (χ0n) is 10.2. The maximum Gasteiger partial charge on any atom is 0.266 e. The molecule has 1 fully saturated rings. The number of amides is 1. The maximum absolute atomic E-state index is 11.5. The highest BCUT2D eigenvalue weighted by molar-refractivity contribution is 7.78. The van der Waals surface area contributed by atoms with Gasteiger partial charge in [-0.2, -0.15) is 4.57 Å². The first-order valence-corrected chi connectivity index (χ1v) is 6.45. The zero-order chi connectivity index (χ0) is 14.0. The largest absolute Gasteiger partial charge is 0.396 e. The maximum atomic E-state index is 11.5. The molecule has 1 amide bonds. The number of aliphatic hydroxyl groups excluding tert-OH is 3. The Morgan fingerprint density at radius 1 is 1.47 bits per heavy atom. The van der Waals surface area contributed by atoms with Gasteiger partial charge in [0.05, 0.1) is 6.10 Å². The van der Waals surface area contributed by atoms with Crippen molar-refractivity contribution in [2.24, 2.45) is 5.92 Å². The van der Waals surface area contributed by atoms with Crippen molar-refractivity contribution in [2.75, 3.05) is 6.61 Å². The predicted octanol–water partition coefficient (Wildman–Crippen LogP) is -1.18. The molecule has 0 aliphatic heterocycles. The average molecular weight is 285 g/mol. The van der Waals surface area contributed by atoms with Gasteiger partial charge in [-0.1, -0.05) is 12.8 Å². The molecule has 1 aromatic heterocycles. The third-order valence-corrected chi connectivity index (χ3v) is 3.78. The summed E-state index contributed by atoms with van der Waals surface area (Å²) in [6.45, 7) is -0.175. The van der Waals surface area contributed by atoms with E-state index in [2.05, 4.69) is 17.5 Å². The number of nitrogens with one attached hydrogen (secondary N) is 1.